The van der Waals surface area contributed by atoms with Crippen molar-refractivity contribution in [3.63, 3.8) is 0 Å². The Morgan fingerprint density at radius 2 is 1.97 bits per heavy atom. The van der Waals surface area contributed by atoms with Crippen LogP contribution >= 0.6 is 22.9 Å². The quantitative estimate of drug-likeness (QED) is 0.437. The van der Waals surface area contributed by atoms with Crippen LogP contribution < -0.4 is 9.47 Å². The number of benzene rings is 1. The van der Waals surface area contributed by atoms with Gasteiger partial charge in [-0.2, -0.15) is 0 Å². The number of imidazole rings is 1. The summed E-state index contributed by atoms with van der Waals surface area (Å²) in [6.07, 6.45) is 3.55. The number of carbonyl (C=O) groups is 1. The summed E-state index contributed by atoms with van der Waals surface area (Å²) < 4.78 is 18.4. The smallest absolute Gasteiger partial charge is 0.348 e. The van der Waals surface area contributed by atoms with Crippen molar-refractivity contribution in [3.05, 3.63) is 70.5 Å². The van der Waals surface area contributed by atoms with Gasteiger partial charge in [-0.15, -0.1) is 11.3 Å². The van der Waals surface area contributed by atoms with Crippen LogP contribution in [0.15, 0.2) is 54.9 Å². The molecule has 29 heavy (non-hydrogen) atoms. The SMILES string of the molecule is O=C(OCc1cn2cc(Cl)ccc2n1)c1ccc(-c2ccc3c(c2)OCCO3)s1. The van der Waals surface area contributed by atoms with Gasteiger partial charge in [0.25, 0.3) is 0 Å². The van der Waals surface area contributed by atoms with Gasteiger partial charge in [-0.05, 0) is 48.0 Å². The minimum Gasteiger partial charge on any atom is -0.486 e. The summed E-state index contributed by atoms with van der Waals surface area (Å²) in [6, 6.07) is 13.0. The first-order valence-electron chi connectivity index (χ1n) is 8.96. The van der Waals surface area contributed by atoms with Crippen LogP contribution in [-0.4, -0.2) is 28.6 Å². The van der Waals surface area contributed by atoms with Gasteiger partial charge in [0.1, 0.15) is 30.3 Å². The average Bonchev–Trinajstić information content (AvgIpc) is 3.38. The second-order valence-electron chi connectivity index (χ2n) is 6.44. The second kappa shape index (κ2) is 7.42. The maximum atomic E-state index is 12.5. The number of thiophene rings is 1. The molecule has 8 heteroatoms. The molecule has 0 bridgehead atoms. The number of hydrogen-bond donors (Lipinski definition) is 0. The first kappa shape index (κ1) is 18.0. The van der Waals surface area contributed by atoms with Crippen LogP contribution in [0.2, 0.25) is 5.02 Å². The number of halogens is 1. The zero-order valence-electron chi connectivity index (χ0n) is 15.1. The van der Waals surface area contributed by atoms with Gasteiger partial charge in [0, 0.05) is 17.3 Å². The first-order valence-corrected chi connectivity index (χ1v) is 10.2. The van der Waals surface area contributed by atoms with E-state index < -0.39 is 0 Å². The predicted molar refractivity (Wildman–Crippen MR) is 110 cm³/mol. The first-order chi connectivity index (χ1) is 14.2. The lowest BCUT2D eigenvalue weighted by Crippen LogP contribution is -2.15. The Kier molecular flexibility index (Phi) is 4.61. The third-order valence-electron chi connectivity index (χ3n) is 4.45. The van der Waals surface area contributed by atoms with Crippen molar-refractivity contribution in [1.82, 2.24) is 9.38 Å². The lowest BCUT2D eigenvalue weighted by atomic mass is 10.1. The number of nitrogens with zero attached hydrogens (tertiary/aromatic N) is 2. The highest BCUT2D eigenvalue weighted by molar-refractivity contribution is 7.17. The molecule has 0 radical (unpaired) electrons. The Labute approximate surface area is 175 Å². The number of esters is 1. The van der Waals surface area contributed by atoms with E-state index in [-0.39, 0.29) is 12.6 Å². The summed E-state index contributed by atoms with van der Waals surface area (Å²) in [4.78, 5) is 18.4. The van der Waals surface area contributed by atoms with E-state index >= 15 is 0 Å². The fourth-order valence-electron chi connectivity index (χ4n) is 3.10. The van der Waals surface area contributed by atoms with Crippen molar-refractivity contribution in [2.75, 3.05) is 13.2 Å². The molecule has 1 aliphatic heterocycles. The molecule has 0 fully saturated rings. The van der Waals surface area contributed by atoms with Crippen LogP contribution in [0.4, 0.5) is 0 Å². The molecule has 5 rings (SSSR count). The van der Waals surface area contributed by atoms with Crippen LogP contribution in [0.5, 0.6) is 11.5 Å². The number of hydrogen-bond acceptors (Lipinski definition) is 6. The minimum absolute atomic E-state index is 0.0926. The van der Waals surface area contributed by atoms with Gasteiger partial charge in [0.15, 0.2) is 11.5 Å². The lowest BCUT2D eigenvalue weighted by molar-refractivity contribution is 0.0474. The van der Waals surface area contributed by atoms with E-state index in [4.69, 9.17) is 25.8 Å². The molecule has 0 unspecified atom stereocenters. The fraction of sp³-hybridized carbons (Fsp3) is 0.143. The number of rotatable bonds is 4. The van der Waals surface area contributed by atoms with Gasteiger partial charge in [-0.3, -0.25) is 0 Å². The topological polar surface area (TPSA) is 62.1 Å². The molecule has 1 aliphatic rings. The van der Waals surface area contributed by atoms with Crippen LogP contribution in [0.3, 0.4) is 0 Å². The normalized spacial score (nSPS) is 12.9. The third-order valence-corrected chi connectivity index (χ3v) is 5.79. The maximum absolute atomic E-state index is 12.5. The highest BCUT2D eigenvalue weighted by Gasteiger charge is 2.16. The number of pyridine rings is 1. The van der Waals surface area contributed by atoms with Crippen LogP contribution in [-0.2, 0) is 11.3 Å². The van der Waals surface area contributed by atoms with Gasteiger partial charge in [0.2, 0.25) is 0 Å². The van der Waals surface area contributed by atoms with Crippen molar-refractivity contribution >= 4 is 34.6 Å². The Morgan fingerprint density at radius 3 is 2.86 bits per heavy atom. The van der Waals surface area contributed by atoms with Gasteiger partial charge < -0.3 is 18.6 Å². The predicted octanol–water partition coefficient (Wildman–Crippen LogP) is 4.84. The van der Waals surface area contributed by atoms with Gasteiger partial charge in [0.05, 0.1) is 10.7 Å². The van der Waals surface area contributed by atoms with E-state index in [1.54, 1.807) is 28.9 Å². The monoisotopic (exact) mass is 426 g/mol. The van der Waals surface area contributed by atoms with E-state index in [1.807, 2.05) is 30.3 Å². The summed E-state index contributed by atoms with van der Waals surface area (Å²) in [5.41, 5.74) is 2.37. The van der Waals surface area contributed by atoms with E-state index in [0.717, 1.165) is 27.6 Å². The number of carbonyl (C=O) groups excluding carboxylic acids is 1. The third kappa shape index (κ3) is 3.66. The molecule has 0 saturated heterocycles. The Hall–Kier alpha value is -3.03. The van der Waals surface area contributed by atoms with Gasteiger partial charge in [-0.25, -0.2) is 9.78 Å². The molecule has 3 aromatic heterocycles. The standard InChI is InChI=1S/C21H15ClN2O4S/c22-14-2-6-20-23-15(11-24(20)10-14)12-28-21(25)19-5-4-18(29-19)13-1-3-16-17(9-13)27-8-7-26-16/h1-6,9-11H,7-8,12H2. The molecule has 6 nitrogen and oxygen atoms in total. The van der Waals surface area contributed by atoms with Gasteiger partial charge >= 0.3 is 5.97 Å². The summed E-state index contributed by atoms with van der Waals surface area (Å²) in [5.74, 6) is 1.08. The molecular formula is C21H15ClN2O4S. The molecule has 0 aliphatic carbocycles. The largest absolute Gasteiger partial charge is 0.486 e. The highest BCUT2D eigenvalue weighted by atomic mass is 35.5. The zero-order valence-corrected chi connectivity index (χ0v) is 16.7. The molecule has 4 heterocycles. The van der Waals surface area contributed by atoms with Crippen molar-refractivity contribution in [2.45, 2.75) is 6.61 Å². The molecule has 0 saturated carbocycles. The summed E-state index contributed by atoms with van der Waals surface area (Å²) >= 11 is 7.35. The van der Waals surface area contributed by atoms with Crippen molar-refractivity contribution < 1.29 is 19.0 Å². The second-order valence-corrected chi connectivity index (χ2v) is 7.96. The van der Waals surface area contributed by atoms with Crippen LogP contribution in [0, 0.1) is 0 Å². The number of fused-ring (bicyclic) bond motifs is 2. The van der Waals surface area contributed by atoms with E-state index in [1.165, 1.54) is 11.3 Å². The molecule has 0 N–H and O–H groups in total. The van der Waals surface area contributed by atoms with Crippen molar-refractivity contribution in [1.29, 1.82) is 0 Å². The summed E-state index contributed by atoms with van der Waals surface area (Å²) in [7, 11) is 0. The zero-order chi connectivity index (χ0) is 19.8. The average molecular weight is 427 g/mol. The molecule has 0 spiro atoms. The molecule has 0 atom stereocenters. The molecule has 0 amide bonds. The Balaban J connectivity index is 1.29. The van der Waals surface area contributed by atoms with Crippen LogP contribution in [0.1, 0.15) is 15.4 Å². The van der Waals surface area contributed by atoms with Crippen molar-refractivity contribution in [3.8, 4) is 21.9 Å². The van der Waals surface area contributed by atoms with Crippen molar-refractivity contribution in [2.24, 2.45) is 0 Å². The number of ether oxygens (including phenoxy) is 3. The van der Waals surface area contributed by atoms with Gasteiger partial charge in [-0.1, -0.05) is 11.6 Å². The molecular weight excluding hydrogens is 412 g/mol. The highest BCUT2D eigenvalue weighted by Crippen LogP contribution is 2.37. The minimum atomic E-state index is -0.381. The Morgan fingerprint density at radius 1 is 1.10 bits per heavy atom. The lowest BCUT2D eigenvalue weighted by Gasteiger charge is -2.18. The Bertz CT molecular complexity index is 1220. The van der Waals surface area contributed by atoms with E-state index in [0.29, 0.717) is 28.8 Å². The maximum Gasteiger partial charge on any atom is 0.348 e. The molecule has 1 aromatic carbocycles. The van der Waals surface area contributed by atoms with E-state index in [9.17, 15) is 4.79 Å². The molecule has 146 valence electrons. The fourth-order valence-corrected chi connectivity index (χ4v) is 4.16. The number of aromatic nitrogens is 2. The van der Waals surface area contributed by atoms with E-state index in [2.05, 4.69) is 4.98 Å². The summed E-state index contributed by atoms with van der Waals surface area (Å²) in [5, 5.41) is 0.615. The van der Waals surface area contributed by atoms with Crippen LogP contribution in [0.25, 0.3) is 16.1 Å². The molecule has 4 aromatic rings. The summed E-state index contributed by atoms with van der Waals surface area (Å²) in [6.45, 7) is 1.18.